The van der Waals surface area contributed by atoms with Gasteiger partial charge in [0.1, 0.15) is 19.0 Å². The lowest BCUT2D eigenvalue weighted by Gasteiger charge is -2.30. The first-order chi connectivity index (χ1) is 14.8. The summed E-state index contributed by atoms with van der Waals surface area (Å²) in [5.41, 5.74) is 1.92. The highest BCUT2D eigenvalue weighted by molar-refractivity contribution is 5.83. The fraction of sp³-hybridized carbons (Fsp3) is 0.435. The third kappa shape index (κ3) is 4.74. The number of nitrogens with zero attached hydrogens (tertiary/aromatic N) is 1. The molecule has 1 N–H and O–H groups in total. The van der Waals surface area contributed by atoms with Gasteiger partial charge in [-0.05, 0) is 41.8 Å². The molecule has 0 radical (unpaired) electrons. The van der Waals surface area contributed by atoms with Gasteiger partial charge >= 0.3 is 5.92 Å². The Labute approximate surface area is 180 Å². The average Bonchev–Trinajstić information content (AvgIpc) is 3.14. The maximum absolute atomic E-state index is 13.6. The molecule has 0 saturated carbocycles. The van der Waals surface area contributed by atoms with Gasteiger partial charge in [-0.25, -0.2) is 0 Å². The highest BCUT2D eigenvalue weighted by Gasteiger charge is 2.41. The number of halogens is 2. The van der Waals surface area contributed by atoms with E-state index in [0.29, 0.717) is 51.1 Å². The maximum atomic E-state index is 13.6. The van der Waals surface area contributed by atoms with Gasteiger partial charge in [0.2, 0.25) is 0 Å². The number of rotatable bonds is 6. The molecule has 2 heterocycles. The number of carbonyl (C=O) groups is 1. The number of likely N-dealkylation sites (tertiary alicyclic amines) is 1. The molecule has 1 fully saturated rings. The molecule has 0 spiro atoms. The Kier molecular flexibility index (Phi) is 6.00. The van der Waals surface area contributed by atoms with E-state index in [-0.39, 0.29) is 6.04 Å². The number of ether oxygens (including phenoxy) is 3. The molecule has 1 unspecified atom stereocenters. The summed E-state index contributed by atoms with van der Waals surface area (Å²) in [6, 6.07) is 12.6. The summed E-state index contributed by atoms with van der Waals surface area (Å²) in [6.07, 6.45) is 0.560. The largest absolute Gasteiger partial charge is 0.497 e. The van der Waals surface area contributed by atoms with Gasteiger partial charge in [0.05, 0.1) is 13.2 Å². The number of hydrogen-bond acceptors (Lipinski definition) is 5. The van der Waals surface area contributed by atoms with Crippen LogP contribution < -0.4 is 19.5 Å². The molecule has 1 amide bonds. The Bertz CT molecular complexity index is 947. The Balaban J connectivity index is 1.63. The van der Waals surface area contributed by atoms with Gasteiger partial charge in [-0.1, -0.05) is 18.2 Å². The SMILES string of the molecule is COc1cccc(CN2CC[C@H](NC(=O)C(C)(F)F)C2c2ccc3c(c2)OCCO3)c1. The summed E-state index contributed by atoms with van der Waals surface area (Å²) in [5.74, 6) is -2.65. The van der Waals surface area contributed by atoms with E-state index in [1.807, 2.05) is 42.5 Å². The molecular formula is C23H26F2N2O4. The third-order valence-corrected chi connectivity index (χ3v) is 5.64. The highest BCUT2D eigenvalue weighted by atomic mass is 19.3. The Morgan fingerprint density at radius 2 is 1.97 bits per heavy atom. The van der Waals surface area contributed by atoms with E-state index >= 15 is 0 Å². The summed E-state index contributed by atoms with van der Waals surface area (Å²) in [7, 11) is 1.61. The lowest BCUT2D eigenvalue weighted by Crippen LogP contribution is -2.46. The van der Waals surface area contributed by atoms with Crippen molar-refractivity contribution in [1.82, 2.24) is 10.2 Å². The van der Waals surface area contributed by atoms with Crippen molar-refractivity contribution >= 4 is 5.91 Å². The number of amides is 1. The third-order valence-electron chi connectivity index (χ3n) is 5.64. The van der Waals surface area contributed by atoms with Crippen LogP contribution in [0.5, 0.6) is 17.2 Å². The van der Waals surface area contributed by atoms with Crippen LogP contribution in [0.4, 0.5) is 8.78 Å². The minimum Gasteiger partial charge on any atom is -0.497 e. The van der Waals surface area contributed by atoms with E-state index in [1.165, 1.54) is 0 Å². The van der Waals surface area contributed by atoms with Crippen molar-refractivity contribution in [1.29, 1.82) is 0 Å². The second kappa shape index (κ2) is 8.70. The van der Waals surface area contributed by atoms with Gasteiger partial charge in [-0.3, -0.25) is 9.69 Å². The van der Waals surface area contributed by atoms with Crippen LogP contribution in [0.1, 0.15) is 30.5 Å². The second-order valence-corrected chi connectivity index (χ2v) is 7.93. The molecule has 2 aliphatic rings. The van der Waals surface area contributed by atoms with Crippen LogP contribution in [0.2, 0.25) is 0 Å². The van der Waals surface area contributed by atoms with E-state index in [2.05, 4.69) is 10.2 Å². The van der Waals surface area contributed by atoms with Crippen molar-refractivity contribution in [3.05, 3.63) is 53.6 Å². The zero-order valence-corrected chi connectivity index (χ0v) is 17.6. The van der Waals surface area contributed by atoms with Crippen LogP contribution in [-0.4, -0.2) is 49.6 Å². The van der Waals surface area contributed by atoms with E-state index in [1.54, 1.807) is 7.11 Å². The number of nitrogens with one attached hydrogen (secondary N) is 1. The van der Waals surface area contributed by atoms with Gasteiger partial charge in [0.25, 0.3) is 5.91 Å². The quantitative estimate of drug-likeness (QED) is 0.757. The van der Waals surface area contributed by atoms with E-state index in [9.17, 15) is 13.6 Å². The molecule has 6 nitrogen and oxygen atoms in total. The number of benzene rings is 2. The van der Waals surface area contributed by atoms with E-state index in [4.69, 9.17) is 14.2 Å². The predicted molar refractivity (Wildman–Crippen MR) is 111 cm³/mol. The molecule has 2 aromatic carbocycles. The first-order valence-corrected chi connectivity index (χ1v) is 10.3. The topological polar surface area (TPSA) is 60.0 Å². The molecule has 0 bridgehead atoms. The molecule has 0 aromatic heterocycles. The van der Waals surface area contributed by atoms with Gasteiger partial charge in [-0.15, -0.1) is 0 Å². The average molecular weight is 432 g/mol. The summed E-state index contributed by atoms with van der Waals surface area (Å²) < 4.78 is 43.8. The maximum Gasteiger partial charge on any atom is 0.321 e. The van der Waals surface area contributed by atoms with Crippen LogP contribution in [0.25, 0.3) is 0 Å². The lowest BCUT2D eigenvalue weighted by atomic mass is 9.98. The number of alkyl halides is 2. The smallest absolute Gasteiger partial charge is 0.321 e. The first-order valence-electron chi connectivity index (χ1n) is 10.3. The van der Waals surface area contributed by atoms with Crippen LogP contribution in [-0.2, 0) is 11.3 Å². The Morgan fingerprint density at radius 1 is 1.19 bits per heavy atom. The number of carbonyl (C=O) groups excluding carboxylic acids is 1. The molecule has 2 aliphatic heterocycles. The van der Waals surface area contributed by atoms with E-state index < -0.39 is 17.9 Å². The Hall–Kier alpha value is -2.87. The zero-order valence-electron chi connectivity index (χ0n) is 17.6. The fourth-order valence-electron chi connectivity index (χ4n) is 4.17. The van der Waals surface area contributed by atoms with Crippen molar-refractivity contribution in [3.63, 3.8) is 0 Å². The lowest BCUT2D eigenvalue weighted by molar-refractivity contribution is -0.144. The second-order valence-electron chi connectivity index (χ2n) is 7.93. The summed E-state index contributed by atoms with van der Waals surface area (Å²) in [6.45, 7) is 2.80. The minimum absolute atomic E-state index is 0.284. The molecule has 31 heavy (non-hydrogen) atoms. The van der Waals surface area contributed by atoms with Crippen molar-refractivity contribution in [2.24, 2.45) is 0 Å². The molecule has 166 valence electrons. The van der Waals surface area contributed by atoms with Crippen molar-refractivity contribution in [2.75, 3.05) is 26.9 Å². The number of hydrogen-bond donors (Lipinski definition) is 1. The summed E-state index contributed by atoms with van der Waals surface area (Å²) >= 11 is 0. The molecule has 1 saturated heterocycles. The number of fused-ring (bicyclic) bond motifs is 1. The molecule has 2 aromatic rings. The van der Waals surface area contributed by atoms with Gasteiger partial charge in [0.15, 0.2) is 11.5 Å². The monoisotopic (exact) mass is 432 g/mol. The van der Waals surface area contributed by atoms with Gasteiger partial charge < -0.3 is 19.5 Å². The molecule has 2 atom stereocenters. The normalized spacial score (nSPS) is 21.0. The predicted octanol–water partition coefficient (Wildman–Crippen LogP) is 3.55. The molecule has 4 rings (SSSR count). The molecular weight excluding hydrogens is 406 g/mol. The van der Waals surface area contributed by atoms with Gasteiger partial charge in [0, 0.05) is 26.1 Å². The van der Waals surface area contributed by atoms with Crippen LogP contribution in [0, 0.1) is 0 Å². The van der Waals surface area contributed by atoms with Crippen molar-refractivity contribution in [3.8, 4) is 17.2 Å². The fourth-order valence-corrected chi connectivity index (χ4v) is 4.17. The molecule has 0 aliphatic carbocycles. The van der Waals surface area contributed by atoms with Crippen LogP contribution in [0.3, 0.4) is 0 Å². The van der Waals surface area contributed by atoms with Gasteiger partial charge in [-0.2, -0.15) is 8.78 Å². The van der Waals surface area contributed by atoms with Crippen LogP contribution >= 0.6 is 0 Å². The van der Waals surface area contributed by atoms with Crippen molar-refractivity contribution in [2.45, 2.75) is 37.9 Å². The summed E-state index contributed by atoms with van der Waals surface area (Å²) in [5, 5.41) is 2.56. The van der Waals surface area contributed by atoms with E-state index in [0.717, 1.165) is 16.9 Å². The molecule has 8 heteroatoms. The summed E-state index contributed by atoms with van der Waals surface area (Å²) in [4.78, 5) is 14.2. The first kappa shape index (κ1) is 21.4. The Morgan fingerprint density at radius 3 is 2.71 bits per heavy atom. The standard InChI is InChI=1S/C23H26F2N2O4/c1-23(24,25)22(28)26-18-8-9-27(14-15-4-3-5-17(12-15)29-2)21(18)16-6-7-19-20(13-16)31-11-10-30-19/h3-7,12-13,18,21H,8-11,14H2,1-2H3,(H,26,28)/t18-,21?/m0/s1. The van der Waals surface area contributed by atoms with Crippen LogP contribution in [0.15, 0.2) is 42.5 Å². The van der Waals surface area contributed by atoms with Crippen molar-refractivity contribution < 1.29 is 27.8 Å². The highest BCUT2D eigenvalue weighted by Crippen LogP contribution is 2.39. The minimum atomic E-state index is -3.43. The zero-order chi connectivity index (χ0) is 22.0. The number of methoxy groups -OCH3 is 1.